The summed E-state index contributed by atoms with van der Waals surface area (Å²) >= 11 is 0. The third-order valence-corrected chi connectivity index (χ3v) is 5.89. The highest BCUT2D eigenvalue weighted by Gasteiger charge is 2.41. The Morgan fingerprint density at radius 2 is 1.00 bits per heavy atom. The zero-order chi connectivity index (χ0) is 24.0. The van der Waals surface area contributed by atoms with E-state index < -0.39 is 23.6 Å². The van der Waals surface area contributed by atoms with Crippen LogP contribution in [0.15, 0.2) is 72.8 Å². The summed E-state index contributed by atoms with van der Waals surface area (Å²) in [5.74, 6) is -1.77. The molecule has 0 saturated carbocycles. The molecular formula is C28H20N2O4. The molecule has 0 unspecified atom stereocenters. The predicted octanol–water partition coefficient (Wildman–Crippen LogP) is 4.55. The lowest BCUT2D eigenvalue weighted by Crippen LogP contribution is -2.32. The van der Waals surface area contributed by atoms with Gasteiger partial charge in [-0.15, -0.1) is 0 Å². The molecule has 166 valence electrons. The second-order valence-electron chi connectivity index (χ2n) is 8.14. The van der Waals surface area contributed by atoms with Gasteiger partial charge < -0.3 is 0 Å². The van der Waals surface area contributed by atoms with Crippen LogP contribution in [0.4, 0.5) is 11.4 Å². The van der Waals surface area contributed by atoms with Crippen molar-refractivity contribution in [2.45, 2.75) is 13.8 Å². The molecule has 0 fully saturated rings. The largest absolute Gasteiger partial charge is 0.274 e. The van der Waals surface area contributed by atoms with Crippen molar-refractivity contribution in [1.82, 2.24) is 0 Å². The van der Waals surface area contributed by atoms with Gasteiger partial charge in [0.15, 0.2) is 0 Å². The minimum Gasteiger partial charge on any atom is -0.274 e. The van der Waals surface area contributed by atoms with Gasteiger partial charge in [0.2, 0.25) is 11.8 Å². The molecule has 3 aromatic carbocycles. The van der Waals surface area contributed by atoms with Crippen molar-refractivity contribution in [3.8, 4) is 0 Å². The molecule has 0 aromatic heterocycles. The van der Waals surface area contributed by atoms with Gasteiger partial charge in [-0.05, 0) is 35.4 Å². The molecule has 6 heteroatoms. The van der Waals surface area contributed by atoms with Gasteiger partial charge in [0.05, 0.1) is 22.5 Å². The molecule has 34 heavy (non-hydrogen) atoms. The van der Waals surface area contributed by atoms with E-state index in [2.05, 4.69) is 0 Å². The van der Waals surface area contributed by atoms with Gasteiger partial charge in [0.25, 0.3) is 11.8 Å². The number of hydrogen-bond donors (Lipinski definition) is 0. The Balaban J connectivity index is 1.76. The molecule has 0 radical (unpaired) electrons. The molecule has 2 aliphatic rings. The number of nitrogens with zero attached hydrogens (tertiary/aromatic N) is 2. The van der Waals surface area contributed by atoms with Gasteiger partial charge in [0.1, 0.15) is 0 Å². The van der Waals surface area contributed by atoms with Crippen molar-refractivity contribution in [3.63, 3.8) is 0 Å². The van der Waals surface area contributed by atoms with Crippen molar-refractivity contribution in [1.29, 1.82) is 0 Å². The number of amides is 4. The number of carbonyl (C=O) groups excluding carboxylic acids is 4. The number of rotatable bonds is 2. The van der Waals surface area contributed by atoms with E-state index in [0.29, 0.717) is 33.6 Å². The summed E-state index contributed by atoms with van der Waals surface area (Å²) in [6.45, 7) is 2.63. The smallest absolute Gasteiger partial charge is 0.265 e. The van der Waals surface area contributed by atoms with Gasteiger partial charge >= 0.3 is 0 Å². The molecule has 2 aliphatic heterocycles. The highest BCUT2D eigenvalue weighted by atomic mass is 16.2. The number of imide groups is 2. The lowest BCUT2D eigenvalue weighted by atomic mass is 9.97. The Bertz CT molecular complexity index is 1330. The molecule has 6 nitrogen and oxygen atoms in total. The van der Waals surface area contributed by atoms with Crippen LogP contribution >= 0.6 is 0 Å². The average molecular weight is 448 g/mol. The Morgan fingerprint density at radius 3 is 1.35 bits per heavy atom. The number of benzene rings is 3. The predicted molar refractivity (Wildman–Crippen MR) is 131 cm³/mol. The molecule has 2 heterocycles. The zero-order valence-electron chi connectivity index (χ0n) is 18.6. The SMILES string of the molecule is CC(=O)N1C(=O)/C(=C/c2ccccc2)c2cc3c(cc21)N(C(C)=O)C(=O)/C3=C/c1ccccc1. The fourth-order valence-electron chi connectivity index (χ4n) is 4.40. The molecule has 4 amide bonds. The van der Waals surface area contributed by atoms with Crippen molar-refractivity contribution >= 4 is 58.3 Å². The summed E-state index contributed by atoms with van der Waals surface area (Å²) in [7, 11) is 0. The maximum atomic E-state index is 13.3. The lowest BCUT2D eigenvalue weighted by Gasteiger charge is -2.16. The van der Waals surface area contributed by atoms with E-state index in [1.165, 1.54) is 13.8 Å². The summed E-state index contributed by atoms with van der Waals surface area (Å²) in [4.78, 5) is 53.6. The van der Waals surface area contributed by atoms with E-state index in [1.807, 2.05) is 60.7 Å². The molecule has 0 aliphatic carbocycles. The second-order valence-corrected chi connectivity index (χ2v) is 8.14. The first-order chi connectivity index (χ1) is 16.4. The third-order valence-electron chi connectivity index (χ3n) is 5.89. The second kappa shape index (κ2) is 8.08. The monoisotopic (exact) mass is 448 g/mol. The standard InChI is InChI=1S/C28H20N2O4/c1-17(31)29-25-16-26-22(15-21(25)23(27(29)33)13-19-9-5-3-6-10-19)24(28(34)30(26)18(2)32)14-20-11-7-4-8-12-20/h3-16H,1-2H3/b23-13+,24-14+. The van der Waals surface area contributed by atoms with Crippen molar-refractivity contribution in [2.24, 2.45) is 0 Å². The quantitative estimate of drug-likeness (QED) is 0.539. The lowest BCUT2D eigenvalue weighted by molar-refractivity contribution is -0.123. The Kier molecular flexibility index (Phi) is 5.06. The Hall–Kier alpha value is -4.58. The van der Waals surface area contributed by atoms with Crippen LogP contribution in [0.1, 0.15) is 36.1 Å². The molecular weight excluding hydrogens is 428 g/mol. The van der Waals surface area contributed by atoms with E-state index >= 15 is 0 Å². The minimum absolute atomic E-state index is 0.354. The van der Waals surface area contributed by atoms with Crippen LogP contribution in [0, 0.1) is 0 Å². The number of hydrogen-bond acceptors (Lipinski definition) is 4. The van der Waals surface area contributed by atoms with Crippen LogP contribution in [-0.4, -0.2) is 23.6 Å². The van der Waals surface area contributed by atoms with Crippen LogP contribution in [0.2, 0.25) is 0 Å². The topological polar surface area (TPSA) is 74.8 Å². The van der Waals surface area contributed by atoms with Gasteiger partial charge in [-0.2, -0.15) is 0 Å². The summed E-state index contributed by atoms with van der Waals surface area (Å²) < 4.78 is 0. The molecule has 5 rings (SSSR count). The van der Waals surface area contributed by atoms with E-state index in [0.717, 1.165) is 20.9 Å². The molecule has 0 N–H and O–H groups in total. The van der Waals surface area contributed by atoms with Crippen molar-refractivity contribution in [2.75, 3.05) is 9.80 Å². The zero-order valence-corrected chi connectivity index (χ0v) is 18.6. The highest BCUT2D eigenvalue weighted by Crippen LogP contribution is 2.47. The fraction of sp³-hybridized carbons (Fsp3) is 0.0714. The molecule has 0 saturated heterocycles. The fourth-order valence-corrected chi connectivity index (χ4v) is 4.40. The van der Waals surface area contributed by atoms with E-state index in [4.69, 9.17) is 0 Å². The first-order valence-electron chi connectivity index (χ1n) is 10.8. The molecule has 3 aromatic rings. The first kappa shape index (κ1) is 21.3. The summed E-state index contributed by atoms with van der Waals surface area (Å²) in [5, 5.41) is 0. The van der Waals surface area contributed by atoms with Crippen LogP contribution in [0.3, 0.4) is 0 Å². The Labute approximate surface area is 196 Å². The van der Waals surface area contributed by atoms with Crippen molar-refractivity contribution in [3.05, 3.63) is 95.1 Å². The normalized spacial score (nSPS) is 16.9. The number of carbonyl (C=O) groups is 4. The van der Waals surface area contributed by atoms with Crippen LogP contribution in [0.25, 0.3) is 23.3 Å². The molecule has 0 bridgehead atoms. The van der Waals surface area contributed by atoms with Crippen LogP contribution in [-0.2, 0) is 19.2 Å². The van der Waals surface area contributed by atoms with E-state index in [9.17, 15) is 19.2 Å². The van der Waals surface area contributed by atoms with Crippen LogP contribution in [0.5, 0.6) is 0 Å². The van der Waals surface area contributed by atoms with Crippen LogP contribution < -0.4 is 9.80 Å². The summed E-state index contributed by atoms with van der Waals surface area (Å²) in [5.41, 5.74) is 4.13. The first-order valence-corrected chi connectivity index (χ1v) is 10.8. The van der Waals surface area contributed by atoms with Gasteiger partial charge in [-0.3, -0.25) is 19.2 Å². The van der Waals surface area contributed by atoms with Gasteiger partial charge in [-0.1, -0.05) is 60.7 Å². The highest BCUT2D eigenvalue weighted by molar-refractivity contribution is 6.45. The van der Waals surface area contributed by atoms with Gasteiger partial charge in [0, 0.05) is 25.0 Å². The number of anilines is 2. The number of fused-ring (bicyclic) bond motifs is 2. The Morgan fingerprint density at radius 1 is 0.618 bits per heavy atom. The third kappa shape index (κ3) is 3.36. The maximum absolute atomic E-state index is 13.3. The summed E-state index contributed by atoms with van der Waals surface area (Å²) in [6.07, 6.45) is 3.47. The van der Waals surface area contributed by atoms with E-state index in [-0.39, 0.29) is 0 Å². The summed E-state index contributed by atoms with van der Waals surface area (Å²) in [6, 6.07) is 22.0. The average Bonchev–Trinajstić information content (AvgIpc) is 3.24. The van der Waals surface area contributed by atoms with E-state index in [1.54, 1.807) is 24.3 Å². The van der Waals surface area contributed by atoms with Gasteiger partial charge in [-0.25, -0.2) is 9.80 Å². The molecule has 0 atom stereocenters. The minimum atomic E-state index is -0.443. The van der Waals surface area contributed by atoms with Crippen molar-refractivity contribution < 1.29 is 19.2 Å². The maximum Gasteiger partial charge on any atom is 0.265 e. The molecule has 0 spiro atoms.